The molecule has 0 unspecified atom stereocenters. The molecule has 0 aliphatic carbocycles. The normalized spacial score (nSPS) is 11.0. The first-order valence-corrected chi connectivity index (χ1v) is 9.89. The van der Waals surface area contributed by atoms with Crippen molar-refractivity contribution in [2.45, 2.75) is 50.3 Å². The van der Waals surface area contributed by atoms with Crippen molar-refractivity contribution in [3.8, 4) is 17.2 Å². The zero-order valence-corrected chi connectivity index (χ0v) is 19.2. The largest absolute Gasteiger partial charge is 1.00 e. The van der Waals surface area contributed by atoms with Crippen LogP contribution in [0, 0.1) is 0 Å². The predicted octanol–water partition coefficient (Wildman–Crippen LogP) is 1.32. The van der Waals surface area contributed by atoms with Gasteiger partial charge in [-0.3, -0.25) is 4.55 Å². The van der Waals surface area contributed by atoms with Gasteiger partial charge in [0.05, 0.1) is 4.90 Å². The van der Waals surface area contributed by atoms with E-state index in [0.29, 0.717) is 11.5 Å². The first-order chi connectivity index (χ1) is 11.9. The molecular weight excluding hydrogens is 379 g/mol. The van der Waals surface area contributed by atoms with Crippen molar-refractivity contribution in [2.24, 2.45) is 0 Å². The maximum absolute atomic E-state index is 11.6. The Labute approximate surface area is 198 Å². The molecule has 0 aliphatic rings. The summed E-state index contributed by atoms with van der Waals surface area (Å²) in [5.74, 6) is 0.757. The molecule has 0 saturated carbocycles. The van der Waals surface area contributed by atoms with E-state index in [1.807, 2.05) is 0 Å². The van der Waals surface area contributed by atoms with Crippen molar-refractivity contribution < 1.29 is 74.2 Å². The van der Waals surface area contributed by atoms with E-state index in [9.17, 15) is 13.5 Å². The molecule has 136 valence electrons. The van der Waals surface area contributed by atoms with Crippen molar-refractivity contribution in [3.63, 3.8) is 0 Å². The van der Waals surface area contributed by atoms with Gasteiger partial charge in [0.1, 0.15) is 11.5 Å². The first kappa shape index (κ1) is 23.6. The van der Waals surface area contributed by atoms with E-state index in [2.05, 4.69) is 6.92 Å². The first-order valence-electron chi connectivity index (χ1n) is 8.45. The van der Waals surface area contributed by atoms with Crippen molar-refractivity contribution in [2.75, 3.05) is 0 Å². The van der Waals surface area contributed by atoms with Gasteiger partial charge in [-0.25, -0.2) is 0 Å². The van der Waals surface area contributed by atoms with E-state index < -0.39 is 10.1 Å². The van der Waals surface area contributed by atoms with E-state index in [4.69, 9.17) is 9.29 Å². The Morgan fingerprint density at radius 3 is 2.27 bits per heavy atom. The molecule has 5 nitrogen and oxygen atoms in total. The molecule has 0 atom stereocenters. The summed E-state index contributed by atoms with van der Waals surface area (Å²) in [6, 6.07) is 10.2. The van der Waals surface area contributed by atoms with Crippen LogP contribution < -0.4 is 61.2 Å². The molecule has 0 spiro atoms. The number of ether oxygens (including phenoxy) is 1. The molecule has 2 rings (SSSR count). The zero-order chi connectivity index (χ0) is 18.3. The van der Waals surface area contributed by atoms with Gasteiger partial charge >= 0.3 is 51.4 Å². The SMILES string of the molecule is CCCCCCCc1ccc([O-])cc1Oc1ccc(S(=O)(=O)O)cc1.[K+]. The second-order valence-electron chi connectivity index (χ2n) is 5.98. The number of hydrogen-bond donors (Lipinski definition) is 1. The average molecular weight is 403 g/mol. The van der Waals surface area contributed by atoms with Crippen LogP contribution in [0.15, 0.2) is 47.4 Å². The van der Waals surface area contributed by atoms with Crippen LogP contribution in [0.3, 0.4) is 0 Å². The van der Waals surface area contributed by atoms with Crippen LogP contribution in [0.25, 0.3) is 0 Å². The summed E-state index contributed by atoms with van der Waals surface area (Å²) in [6.07, 6.45) is 6.60. The molecule has 0 saturated heterocycles. The van der Waals surface area contributed by atoms with Gasteiger partial charge in [0, 0.05) is 0 Å². The fourth-order valence-electron chi connectivity index (χ4n) is 2.56. The molecule has 0 bridgehead atoms. The number of unbranched alkanes of at least 4 members (excludes halogenated alkanes) is 4. The van der Waals surface area contributed by atoms with Gasteiger partial charge in [-0.1, -0.05) is 44.7 Å². The van der Waals surface area contributed by atoms with E-state index in [1.165, 1.54) is 55.7 Å². The maximum Gasteiger partial charge on any atom is 1.00 e. The molecule has 1 N–H and O–H groups in total. The van der Waals surface area contributed by atoms with Gasteiger partial charge in [0.25, 0.3) is 10.1 Å². The Bertz CT molecular complexity index is 788. The molecule has 0 aromatic heterocycles. The molecule has 0 fully saturated rings. The fraction of sp³-hybridized carbons (Fsp3) is 0.368. The summed E-state index contributed by atoms with van der Waals surface area (Å²) in [6.45, 7) is 2.17. The minimum atomic E-state index is -4.23. The van der Waals surface area contributed by atoms with Gasteiger partial charge in [-0.05, 0) is 48.7 Å². The van der Waals surface area contributed by atoms with Crippen LogP contribution in [0.1, 0.15) is 44.6 Å². The summed E-state index contributed by atoms with van der Waals surface area (Å²) >= 11 is 0. The summed E-state index contributed by atoms with van der Waals surface area (Å²) in [4.78, 5) is -0.200. The molecule has 0 radical (unpaired) electrons. The zero-order valence-electron chi connectivity index (χ0n) is 15.3. The van der Waals surface area contributed by atoms with Crippen LogP contribution in [0.4, 0.5) is 0 Å². The smallest absolute Gasteiger partial charge is 0.872 e. The van der Waals surface area contributed by atoms with E-state index in [1.54, 1.807) is 6.07 Å². The topological polar surface area (TPSA) is 86.7 Å². The molecule has 0 amide bonds. The van der Waals surface area contributed by atoms with Crippen LogP contribution >= 0.6 is 0 Å². The van der Waals surface area contributed by atoms with E-state index in [0.717, 1.165) is 24.8 Å². The third kappa shape index (κ3) is 7.68. The number of rotatable bonds is 9. The number of benzene rings is 2. The quantitative estimate of drug-likeness (QED) is 0.388. The van der Waals surface area contributed by atoms with Crippen LogP contribution in [0.5, 0.6) is 17.2 Å². The third-order valence-corrected chi connectivity index (χ3v) is 4.81. The molecule has 2 aromatic rings. The number of aryl methyl sites for hydroxylation is 1. The Hall–Kier alpha value is -0.414. The second kappa shape index (κ2) is 11.4. The Morgan fingerprint density at radius 2 is 1.65 bits per heavy atom. The predicted molar refractivity (Wildman–Crippen MR) is 94.7 cm³/mol. The third-order valence-electron chi connectivity index (χ3n) is 3.94. The van der Waals surface area contributed by atoms with Gasteiger partial charge in [0.2, 0.25) is 0 Å². The minimum Gasteiger partial charge on any atom is -0.872 e. The summed E-state index contributed by atoms with van der Waals surface area (Å²) in [5, 5.41) is 11.6. The Morgan fingerprint density at radius 1 is 1.00 bits per heavy atom. The Balaban J connectivity index is 0.00000338. The average Bonchev–Trinajstić information content (AvgIpc) is 2.56. The maximum atomic E-state index is 11.6. The number of hydrogen-bond acceptors (Lipinski definition) is 4. The van der Waals surface area contributed by atoms with E-state index in [-0.39, 0.29) is 62.0 Å². The summed E-state index contributed by atoms with van der Waals surface area (Å²) in [7, 11) is -4.23. The summed E-state index contributed by atoms with van der Waals surface area (Å²) < 4.78 is 36.9. The van der Waals surface area contributed by atoms with Crippen LogP contribution in [-0.4, -0.2) is 13.0 Å². The van der Waals surface area contributed by atoms with Crippen molar-refractivity contribution in [1.82, 2.24) is 0 Å². The van der Waals surface area contributed by atoms with Crippen molar-refractivity contribution >= 4 is 10.1 Å². The standard InChI is InChI=1S/C19H24O5S.K/c1-2-3-4-5-6-7-15-8-9-16(20)14-19(15)24-17-10-12-18(13-11-17)25(21,22)23;/h8-14,20H,2-7H2,1H3,(H,21,22,23);/q;+1/p-1. The minimum absolute atomic E-state index is 0. The van der Waals surface area contributed by atoms with Crippen molar-refractivity contribution in [1.29, 1.82) is 0 Å². The molecule has 26 heavy (non-hydrogen) atoms. The fourth-order valence-corrected chi connectivity index (χ4v) is 3.04. The van der Waals surface area contributed by atoms with Crippen molar-refractivity contribution in [3.05, 3.63) is 48.0 Å². The van der Waals surface area contributed by atoms with Crippen LogP contribution in [-0.2, 0) is 16.5 Å². The molecule has 2 aromatic carbocycles. The molecular formula is C19H23KO5S. The second-order valence-corrected chi connectivity index (χ2v) is 7.40. The van der Waals surface area contributed by atoms with Gasteiger partial charge < -0.3 is 9.84 Å². The Kier molecular flexibility index (Phi) is 10.4. The molecule has 7 heteroatoms. The van der Waals surface area contributed by atoms with Gasteiger partial charge in [-0.15, -0.1) is 5.75 Å². The van der Waals surface area contributed by atoms with Gasteiger partial charge in [-0.2, -0.15) is 8.42 Å². The summed E-state index contributed by atoms with van der Waals surface area (Å²) in [5.41, 5.74) is 0.954. The molecule has 0 heterocycles. The van der Waals surface area contributed by atoms with E-state index >= 15 is 0 Å². The monoisotopic (exact) mass is 402 g/mol. The van der Waals surface area contributed by atoms with Gasteiger partial charge in [0.15, 0.2) is 0 Å². The van der Waals surface area contributed by atoms with Crippen LogP contribution in [0.2, 0.25) is 0 Å². The molecule has 0 aliphatic heterocycles.